The van der Waals surface area contributed by atoms with Crippen molar-refractivity contribution in [2.75, 3.05) is 37.4 Å². The number of halogens is 1. The minimum Gasteiger partial charge on any atom is -0.371 e. The largest absolute Gasteiger partial charge is 0.371 e. The summed E-state index contributed by atoms with van der Waals surface area (Å²) >= 11 is 0. The van der Waals surface area contributed by atoms with Gasteiger partial charge in [-0.15, -0.1) is 0 Å². The number of carbonyl (C=O) groups excluding carboxylic acids is 1. The summed E-state index contributed by atoms with van der Waals surface area (Å²) in [5.41, 5.74) is 2.02. The number of benzene rings is 2. The molecule has 0 saturated carbocycles. The summed E-state index contributed by atoms with van der Waals surface area (Å²) < 4.78 is 39.8. The van der Waals surface area contributed by atoms with Gasteiger partial charge in [-0.25, -0.2) is 17.1 Å². The van der Waals surface area contributed by atoms with Crippen molar-refractivity contribution in [2.45, 2.75) is 24.7 Å². The van der Waals surface area contributed by atoms with Crippen LogP contribution in [0.15, 0.2) is 41.3 Å². The summed E-state index contributed by atoms with van der Waals surface area (Å²) in [5, 5.41) is 2.73. The Morgan fingerprint density at radius 1 is 1.11 bits per heavy atom. The van der Waals surface area contributed by atoms with Crippen molar-refractivity contribution in [1.82, 2.24) is 4.31 Å². The van der Waals surface area contributed by atoms with Crippen LogP contribution in [0.4, 0.5) is 15.8 Å². The zero-order chi connectivity index (χ0) is 20.5. The van der Waals surface area contributed by atoms with Gasteiger partial charge in [0, 0.05) is 38.6 Å². The van der Waals surface area contributed by atoms with Gasteiger partial charge in [-0.05, 0) is 55.7 Å². The van der Waals surface area contributed by atoms with E-state index >= 15 is 0 Å². The number of carbonyl (C=O) groups is 1. The first kappa shape index (κ1) is 20.3. The normalized spacial score (nSPS) is 14.5. The van der Waals surface area contributed by atoms with E-state index in [1.54, 1.807) is 19.1 Å². The Bertz CT molecular complexity index is 1000. The summed E-state index contributed by atoms with van der Waals surface area (Å²) in [7, 11) is -0.798. The third-order valence-electron chi connectivity index (χ3n) is 4.89. The second-order valence-electron chi connectivity index (χ2n) is 7.07. The van der Waals surface area contributed by atoms with Gasteiger partial charge in [0.2, 0.25) is 10.0 Å². The highest BCUT2D eigenvalue weighted by Crippen LogP contribution is 2.29. The number of amides is 1. The van der Waals surface area contributed by atoms with Crippen molar-refractivity contribution in [3.63, 3.8) is 0 Å². The maximum absolute atomic E-state index is 13.6. The van der Waals surface area contributed by atoms with Crippen LogP contribution in [-0.4, -0.2) is 45.8 Å². The molecule has 2 aromatic carbocycles. The van der Waals surface area contributed by atoms with E-state index in [9.17, 15) is 17.6 Å². The van der Waals surface area contributed by atoms with Gasteiger partial charge < -0.3 is 10.2 Å². The minimum absolute atomic E-state index is 0.0431. The molecular formula is C20H24FN3O3S. The maximum atomic E-state index is 13.6. The second-order valence-corrected chi connectivity index (χ2v) is 9.23. The first-order chi connectivity index (χ1) is 13.2. The molecule has 3 rings (SSSR count). The molecule has 150 valence electrons. The summed E-state index contributed by atoms with van der Waals surface area (Å²) in [6.07, 6.45) is 2.03. The Morgan fingerprint density at radius 3 is 2.43 bits per heavy atom. The first-order valence-corrected chi connectivity index (χ1v) is 10.5. The Hall–Kier alpha value is -2.45. The third-order valence-corrected chi connectivity index (χ3v) is 6.70. The van der Waals surface area contributed by atoms with E-state index in [-0.39, 0.29) is 10.5 Å². The molecule has 0 aromatic heterocycles. The molecule has 1 aliphatic heterocycles. The van der Waals surface area contributed by atoms with E-state index in [4.69, 9.17) is 0 Å². The van der Waals surface area contributed by atoms with Crippen molar-refractivity contribution >= 4 is 27.3 Å². The van der Waals surface area contributed by atoms with Gasteiger partial charge in [-0.3, -0.25) is 4.79 Å². The summed E-state index contributed by atoms with van der Waals surface area (Å²) in [5.74, 6) is -0.920. The van der Waals surface area contributed by atoms with Crippen LogP contribution in [0, 0.1) is 12.7 Å². The monoisotopic (exact) mass is 405 g/mol. The maximum Gasteiger partial charge on any atom is 0.257 e. The van der Waals surface area contributed by atoms with E-state index in [2.05, 4.69) is 10.2 Å². The fraction of sp³-hybridized carbons (Fsp3) is 0.350. The number of aryl methyl sites for hydroxylation is 1. The zero-order valence-electron chi connectivity index (χ0n) is 16.2. The molecule has 8 heteroatoms. The van der Waals surface area contributed by atoms with E-state index < -0.39 is 21.7 Å². The molecular weight excluding hydrogens is 381 g/mol. The molecule has 0 bridgehead atoms. The molecule has 0 aliphatic carbocycles. The molecule has 1 fully saturated rings. The standard InChI is InChI=1S/C20H24FN3O3S/c1-14-6-7-15(21)12-18(14)22-20(25)17-13-16(28(26,27)23(2)3)8-9-19(17)24-10-4-5-11-24/h6-9,12-13H,4-5,10-11H2,1-3H3,(H,22,25). The lowest BCUT2D eigenvalue weighted by Crippen LogP contribution is -2.25. The molecule has 28 heavy (non-hydrogen) atoms. The van der Waals surface area contributed by atoms with Crippen molar-refractivity contribution in [2.24, 2.45) is 0 Å². The zero-order valence-corrected chi connectivity index (χ0v) is 17.0. The lowest BCUT2D eigenvalue weighted by atomic mass is 10.1. The number of nitrogens with zero attached hydrogens (tertiary/aromatic N) is 2. The van der Waals surface area contributed by atoms with Gasteiger partial charge in [0.05, 0.1) is 10.5 Å². The predicted molar refractivity (Wildman–Crippen MR) is 108 cm³/mol. The van der Waals surface area contributed by atoms with Gasteiger partial charge in [-0.1, -0.05) is 6.07 Å². The van der Waals surface area contributed by atoms with Gasteiger partial charge in [0.1, 0.15) is 5.82 Å². The molecule has 1 aliphatic rings. The number of hydrogen-bond acceptors (Lipinski definition) is 4. The van der Waals surface area contributed by atoms with Crippen LogP contribution in [0.5, 0.6) is 0 Å². The Morgan fingerprint density at radius 2 is 1.79 bits per heavy atom. The van der Waals surface area contributed by atoms with E-state index in [0.717, 1.165) is 35.8 Å². The lowest BCUT2D eigenvalue weighted by Gasteiger charge is -2.22. The third kappa shape index (κ3) is 4.02. The van der Waals surface area contributed by atoms with Crippen LogP contribution >= 0.6 is 0 Å². The van der Waals surface area contributed by atoms with E-state index in [1.165, 1.54) is 38.4 Å². The second kappa shape index (κ2) is 7.89. The number of hydrogen-bond donors (Lipinski definition) is 1. The molecule has 0 radical (unpaired) electrons. The number of anilines is 2. The van der Waals surface area contributed by atoms with E-state index in [1.807, 2.05) is 0 Å². The van der Waals surface area contributed by atoms with Crippen LogP contribution in [0.1, 0.15) is 28.8 Å². The van der Waals surface area contributed by atoms with Gasteiger partial charge in [0.15, 0.2) is 0 Å². The van der Waals surface area contributed by atoms with Crippen molar-refractivity contribution in [1.29, 1.82) is 0 Å². The Labute approximate surface area is 165 Å². The topological polar surface area (TPSA) is 69.7 Å². The van der Waals surface area contributed by atoms with E-state index in [0.29, 0.717) is 11.4 Å². The van der Waals surface area contributed by atoms with Crippen LogP contribution in [0.2, 0.25) is 0 Å². The average molecular weight is 405 g/mol. The molecule has 1 N–H and O–H groups in total. The summed E-state index contributed by atoms with van der Waals surface area (Å²) in [4.78, 5) is 15.1. The number of nitrogens with one attached hydrogen (secondary N) is 1. The van der Waals surface area contributed by atoms with Crippen molar-refractivity contribution < 1.29 is 17.6 Å². The van der Waals surface area contributed by atoms with Gasteiger partial charge in [-0.2, -0.15) is 0 Å². The molecule has 2 aromatic rings. The van der Waals surface area contributed by atoms with Crippen molar-refractivity contribution in [3.8, 4) is 0 Å². The highest BCUT2D eigenvalue weighted by atomic mass is 32.2. The molecule has 0 unspecified atom stereocenters. The van der Waals surface area contributed by atoms with Crippen molar-refractivity contribution in [3.05, 3.63) is 53.3 Å². The molecule has 1 saturated heterocycles. The van der Waals surface area contributed by atoms with Crippen LogP contribution < -0.4 is 10.2 Å². The first-order valence-electron chi connectivity index (χ1n) is 9.09. The smallest absolute Gasteiger partial charge is 0.257 e. The Kier molecular flexibility index (Phi) is 5.71. The highest BCUT2D eigenvalue weighted by molar-refractivity contribution is 7.89. The van der Waals surface area contributed by atoms with Crippen LogP contribution in [0.25, 0.3) is 0 Å². The number of rotatable bonds is 5. The molecule has 6 nitrogen and oxygen atoms in total. The quantitative estimate of drug-likeness (QED) is 0.829. The molecule has 0 spiro atoms. The fourth-order valence-corrected chi connectivity index (χ4v) is 4.15. The van der Waals surface area contributed by atoms with Gasteiger partial charge >= 0.3 is 0 Å². The van der Waals surface area contributed by atoms with Crippen LogP contribution in [-0.2, 0) is 10.0 Å². The summed E-state index contributed by atoms with van der Waals surface area (Å²) in [6.45, 7) is 3.38. The molecule has 1 amide bonds. The number of sulfonamides is 1. The molecule has 0 atom stereocenters. The summed E-state index contributed by atoms with van der Waals surface area (Å²) in [6, 6.07) is 8.75. The SMILES string of the molecule is Cc1ccc(F)cc1NC(=O)c1cc(S(=O)(=O)N(C)C)ccc1N1CCCC1. The lowest BCUT2D eigenvalue weighted by molar-refractivity contribution is 0.102. The molecule has 1 heterocycles. The van der Waals surface area contributed by atoms with Gasteiger partial charge in [0.25, 0.3) is 5.91 Å². The predicted octanol–water partition coefficient (Wildman–Crippen LogP) is 3.24. The highest BCUT2D eigenvalue weighted by Gasteiger charge is 2.25. The van der Waals surface area contributed by atoms with Crippen LogP contribution in [0.3, 0.4) is 0 Å². The minimum atomic E-state index is -3.69. The average Bonchev–Trinajstić information content (AvgIpc) is 3.18. The Balaban J connectivity index is 2.04. The fourth-order valence-electron chi connectivity index (χ4n) is 3.22.